The molecule has 0 N–H and O–H groups in total. The second kappa shape index (κ2) is 4.06. The van der Waals surface area contributed by atoms with Crippen molar-refractivity contribution in [1.82, 2.24) is 9.80 Å². The fraction of sp³-hybridized carbons (Fsp3) is 1.00. The van der Waals surface area contributed by atoms with Gasteiger partial charge in [-0.25, -0.2) is 0 Å². The zero-order valence-electron chi connectivity index (χ0n) is 10.8. The molecule has 88 valence electrons. The quantitative estimate of drug-likeness (QED) is 0.687. The van der Waals surface area contributed by atoms with Crippen molar-refractivity contribution in [3.63, 3.8) is 0 Å². The first-order valence-corrected chi connectivity index (χ1v) is 6.45. The maximum atomic E-state index is 2.77. The molecule has 0 radical (unpaired) electrons. The lowest BCUT2D eigenvalue weighted by Gasteiger charge is -2.34. The van der Waals surface area contributed by atoms with Crippen molar-refractivity contribution in [2.75, 3.05) is 20.1 Å². The van der Waals surface area contributed by atoms with Crippen LogP contribution in [0.3, 0.4) is 0 Å². The number of hydrogen-bond donors (Lipinski definition) is 0. The Kier molecular flexibility index (Phi) is 3.09. The molecule has 0 aromatic rings. The summed E-state index contributed by atoms with van der Waals surface area (Å²) in [4.78, 5) is 5.24. The van der Waals surface area contributed by atoms with Crippen molar-refractivity contribution in [1.29, 1.82) is 0 Å². The molecule has 2 aliphatic rings. The van der Waals surface area contributed by atoms with E-state index in [1.165, 1.54) is 38.8 Å². The number of hydrogen-bond acceptors (Lipinski definition) is 2. The molecule has 0 spiro atoms. The van der Waals surface area contributed by atoms with Crippen LogP contribution < -0.4 is 0 Å². The molecule has 0 aromatic carbocycles. The van der Waals surface area contributed by atoms with E-state index in [1.54, 1.807) is 0 Å². The summed E-state index contributed by atoms with van der Waals surface area (Å²) in [5.41, 5.74) is 0.318. The van der Waals surface area contributed by atoms with Crippen LogP contribution in [-0.2, 0) is 0 Å². The third-order valence-corrected chi connectivity index (χ3v) is 3.87. The highest BCUT2D eigenvalue weighted by Gasteiger charge is 2.38. The molecule has 0 atom stereocenters. The Morgan fingerprint density at radius 1 is 0.933 bits per heavy atom. The Bertz CT molecular complexity index is 199. The van der Waals surface area contributed by atoms with Gasteiger partial charge in [0.25, 0.3) is 0 Å². The van der Waals surface area contributed by atoms with Crippen LogP contribution in [0.2, 0.25) is 0 Å². The largest absolute Gasteiger partial charge is 0.300 e. The van der Waals surface area contributed by atoms with E-state index in [1.807, 2.05) is 0 Å². The third-order valence-electron chi connectivity index (χ3n) is 3.87. The summed E-state index contributed by atoms with van der Waals surface area (Å²) in [6.45, 7) is 9.39. The van der Waals surface area contributed by atoms with Crippen LogP contribution in [-0.4, -0.2) is 47.6 Å². The van der Waals surface area contributed by atoms with Crippen molar-refractivity contribution in [2.24, 2.45) is 0 Å². The average Bonchev–Trinajstić information content (AvgIpc) is 2.98. The molecule has 0 aromatic heterocycles. The maximum absolute atomic E-state index is 2.77. The second-order valence-electron chi connectivity index (χ2n) is 6.29. The zero-order chi connectivity index (χ0) is 11.1. The molecule has 0 bridgehead atoms. The van der Waals surface area contributed by atoms with Crippen molar-refractivity contribution in [3.8, 4) is 0 Å². The lowest BCUT2D eigenvalue weighted by molar-refractivity contribution is 0.139. The highest BCUT2D eigenvalue weighted by molar-refractivity contribution is 4.95. The Morgan fingerprint density at radius 2 is 1.40 bits per heavy atom. The number of nitrogens with zero attached hydrogens (tertiary/aromatic N) is 2. The van der Waals surface area contributed by atoms with Crippen molar-refractivity contribution in [2.45, 2.75) is 64.1 Å². The fourth-order valence-corrected chi connectivity index (χ4v) is 2.08. The van der Waals surface area contributed by atoms with Gasteiger partial charge in [0.2, 0.25) is 0 Å². The molecule has 2 fully saturated rings. The minimum atomic E-state index is 0.318. The van der Waals surface area contributed by atoms with Crippen LogP contribution in [0.5, 0.6) is 0 Å². The van der Waals surface area contributed by atoms with Gasteiger partial charge in [0.15, 0.2) is 0 Å². The average molecular weight is 210 g/mol. The van der Waals surface area contributed by atoms with Crippen LogP contribution in [0.15, 0.2) is 0 Å². The van der Waals surface area contributed by atoms with E-state index >= 15 is 0 Å². The van der Waals surface area contributed by atoms with Gasteiger partial charge in [-0.05, 0) is 53.5 Å². The molecule has 0 saturated heterocycles. The predicted molar refractivity (Wildman–Crippen MR) is 65.1 cm³/mol. The Labute approximate surface area is 94.6 Å². The van der Waals surface area contributed by atoms with Crippen LogP contribution in [0.4, 0.5) is 0 Å². The molecule has 0 unspecified atom stereocenters. The van der Waals surface area contributed by atoms with Gasteiger partial charge < -0.3 is 4.90 Å². The van der Waals surface area contributed by atoms with E-state index in [-0.39, 0.29) is 0 Å². The smallest absolute Gasteiger partial charge is 0.0122 e. The second-order valence-corrected chi connectivity index (χ2v) is 6.29. The summed E-state index contributed by atoms with van der Waals surface area (Å²) >= 11 is 0. The molecular formula is C13H26N2. The van der Waals surface area contributed by atoms with Crippen LogP contribution in [0, 0.1) is 0 Å². The molecule has 0 amide bonds. The molecule has 2 heteroatoms. The van der Waals surface area contributed by atoms with E-state index in [2.05, 4.69) is 37.6 Å². The molecule has 0 aliphatic heterocycles. The van der Waals surface area contributed by atoms with Gasteiger partial charge in [-0.15, -0.1) is 0 Å². The standard InChI is InChI=1S/C13H26N2/c1-13(2,3)14(4)9-10-15(11-5-6-11)12-7-8-12/h11-12H,5-10H2,1-4H3. The van der Waals surface area contributed by atoms with E-state index in [9.17, 15) is 0 Å². The lowest BCUT2D eigenvalue weighted by atomic mass is 10.1. The molecule has 15 heavy (non-hydrogen) atoms. The fourth-order valence-electron chi connectivity index (χ4n) is 2.08. The maximum Gasteiger partial charge on any atom is 0.0122 e. The lowest BCUT2D eigenvalue weighted by Crippen LogP contribution is -2.44. The summed E-state index contributed by atoms with van der Waals surface area (Å²) in [6.07, 6.45) is 5.82. The first-order chi connectivity index (χ1) is 6.98. The highest BCUT2D eigenvalue weighted by Crippen LogP contribution is 2.36. The van der Waals surface area contributed by atoms with E-state index < -0.39 is 0 Å². The minimum Gasteiger partial charge on any atom is -0.300 e. The number of likely N-dealkylation sites (N-methyl/N-ethyl adjacent to an activating group) is 1. The van der Waals surface area contributed by atoms with Crippen molar-refractivity contribution in [3.05, 3.63) is 0 Å². The van der Waals surface area contributed by atoms with Gasteiger partial charge in [0.05, 0.1) is 0 Å². The van der Waals surface area contributed by atoms with E-state index in [4.69, 9.17) is 0 Å². The molecule has 2 saturated carbocycles. The SMILES string of the molecule is CN(CCN(C1CC1)C1CC1)C(C)(C)C. The predicted octanol–water partition coefficient (Wildman–Crippen LogP) is 2.34. The Balaban J connectivity index is 1.75. The van der Waals surface area contributed by atoms with Crippen LogP contribution in [0.25, 0.3) is 0 Å². The van der Waals surface area contributed by atoms with Crippen molar-refractivity contribution >= 4 is 0 Å². The molecule has 2 aliphatic carbocycles. The highest BCUT2D eigenvalue weighted by atomic mass is 15.3. The molecule has 0 heterocycles. The summed E-state index contributed by atoms with van der Waals surface area (Å²) in [5.74, 6) is 0. The van der Waals surface area contributed by atoms with Gasteiger partial charge in [0.1, 0.15) is 0 Å². The van der Waals surface area contributed by atoms with Gasteiger partial charge in [-0.3, -0.25) is 4.90 Å². The van der Waals surface area contributed by atoms with E-state index in [0.29, 0.717) is 5.54 Å². The number of rotatable bonds is 5. The summed E-state index contributed by atoms with van der Waals surface area (Å²) in [6, 6.07) is 1.90. The summed E-state index contributed by atoms with van der Waals surface area (Å²) in [5, 5.41) is 0. The van der Waals surface area contributed by atoms with Gasteiger partial charge in [-0.2, -0.15) is 0 Å². The molecule has 2 nitrogen and oxygen atoms in total. The normalized spacial score (nSPS) is 22.8. The van der Waals surface area contributed by atoms with Gasteiger partial charge in [0, 0.05) is 30.7 Å². The van der Waals surface area contributed by atoms with Gasteiger partial charge >= 0.3 is 0 Å². The molecule has 2 rings (SSSR count). The first-order valence-electron chi connectivity index (χ1n) is 6.45. The Hall–Kier alpha value is -0.0800. The van der Waals surface area contributed by atoms with E-state index in [0.717, 1.165) is 12.1 Å². The summed E-state index contributed by atoms with van der Waals surface area (Å²) in [7, 11) is 2.25. The topological polar surface area (TPSA) is 6.48 Å². The Morgan fingerprint density at radius 3 is 1.73 bits per heavy atom. The summed E-state index contributed by atoms with van der Waals surface area (Å²) < 4.78 is 0. The monoisotopic (exact) mass is 210 g/mol. The van der Waals surface area contributed by atoms with Crippen LogP contribution in [0.1, 0.15) is 46.5 Å². The molecular weight excluding hydrogens is 184 g/mol. The van der Waals surface area contributed by atoms with Crippen LogP contribution >= 0.6 is 0 Å². The van der Waals surface area contributed by atoms with Gasteiger partial charge in [-0.1, -0.05) is 0 Å². The van der Waals surface area contributed by atoms with Crippen molar-refractivity contribution < 1.29 is 0 Å². The zero-order valence-corrected chi connectivity index (χ0v) is 10.8. The first kappa shape index (κ1) is 11.4. The third kappa shape index (κ3) is 3.18. The minimum absolute atomic E-state index is 0.318.